The molecule has 8 nitrogen and oxygen atoms in total. The maximum atomic E-state index is 12.5. The van der Waals surface area contributed by atoms with E-state index in [0.29, 0.717) is 5.02 Å². The summed E-state index contributed by atoms with van der Waals surface area (Å²) >= 11 is 5.90. The van der Waals surface area contributed by atoms with Crippen molar-refractivity contribution in [2.75, 3.05) is 0 Å². The molecule has 0 aliphatic carbocycles. The average Bonchev–Trinajstić information content (AvgIpc) is 2.97. The van der Waals surface area contributed by atoms with Gasteiger partial charge in [0.1, 0.15) is 6.54 Å². The van der Waals surface area contributed by atoms with Crippen molar-refractivity contribution in [3.8, 4) is 0 Å². The van der Waals surface area contributed by atoms with Crippen LogP contribution in [0.5, 0.6) is 0 Å². The van der Waals surface area contributed by atoms with E-state index in [1.165, 1.54) is 22.5 Å². The van der Waals surface area contributed by atoms with Crippen molar-refractivity contribution in [3.63, 3.8) is 0 Å². The van der Waals surface area contributed by atoms with Crippen molar-refractivity contribution in [2.45, 2.75) is 13.1 Å². The van der Waals surface area contributed by atoms with E-state index in [1.807, 2.05) is 6.07 Å². The molecule has 0 saturated carbocycles. The molecule has 0 aliphatic rings. The van der Waals surface area contributed by atoms with E-state index in [1.54, 1.807) is 25.2 Å². The fourth-order valence-corrected chi connectivity index (χ4v) is 2.80. The summed E-state index contributed by atoms with van der Waals surface area (Å²) in [5, 5.41) is 3.25. The second-order valence-corrected chi connectivity index (χ2v) is 6.10. The summed E-state index contributed by atoms with van der Waals surface area (Å²) in [7, 11) is 3.17. The lowest BCUT2D eigenvalue weighted by molar-refractivity contribution is -0.121. The van der Waals surface area contributed by atoms with Gasteiger partial charge in [-0.25, -0.2) is 14.3 Å². The number of aryl methyl sites for hydroxylation is 2. The van der Waals surface area contributed by atoms with Crippen molar-refractivity contribution in [1.29, 1.82) is 0 Å². The Morgan fingerprint density at radius 2 is 2.04 bits per heavy atom. The van der Waals surface area contributed by atoms with Gasteiger partial charge in [0, 0.05) is 25.7 Å². The van der Waals surface area contributed by atoms with Gasteiger partial charge in [-0.2, -0.15) is 0 Å². The summed E-state index contributed by atoms with van der Waals surface area (Å²) in [5.41, 5.74) is 0.242. The zero-order valence-corrected chi connectivity index (χ0v) is 14.4. The molecule has 25 heavy (non-hydrogen) atoms. The second kappa shape index (κ2) is 6.56. The van der Waals surface area contributed by atoms with Gasteiger partial charge >= 0.3 is 5.69 Å². The molecule has 0 bridgehead atoms. The molecule has 1 aromatic carbocycles. The fraction of sp³-hybridized carbons (Fsp3) is 0.250. The minimum atomic E-state index is -0.589. The third-order valence-electron chi connectivity index (χ3n) is 3.88. The summed E-state index contributed by atoms with van der Waals surface area (Å²) in [6, 6.07) is 7.06. The summed E-state index contributed by atoms with van der Waals surface area (Å²) < 4.78 is 3.68. The maximum Gasteiger partial charge on any atom is 0.332 e. The highest BCUT2D eigenvalue weighted by atomic mass is 35.5. The van der Waals surface area contributed by atoms with E-state index in [0.717, 1.165) is 10.1 Å². The van der Waals surface area contributed by atoms with E-state index in [2.05, 4.69) is 10.3 Å². The number of nitrogens with zero attached hydrogens (tertiary/aromatic N) is 4. The Hall–Kier alpha value is -2.87. The quantitative estimate of drug-likeness (QED) is 0.728. The number of carbonyl (C=O) groups is 1. The molecule has 0 radical (unpaired) electrons. The van der Waals surface area contributed by atoms with Crippen LogP contribution in [0, 0.1) is 0 Å². The predicted molar refractivity (Wildman–Crippen MR) is 93.5 cm³/mol. The minimum Gasteiger partial charge on any atom is -0.350 e. The number of nitrogens with one attached hydrogen (secondary N) is 1. The van der Waals surface area contributed by atoms with Gasteiger partial charge in [0.25, 0.3) is 5.56 Å². The van der Waals surface area contributed by atoms with Crippen LogP contribution in [-0.4, -0.2) is 24.6 Å². The predicted octanol–water partition coefficient (Wildman–Crippen LogP) is 0.403. The lowest BCUT2D eigenvalue weighted by Crippen LogP contribution is -2.43. The highest BCUT2D eigenvalue weighted by molar-refractivity contribution is 6.30. The van der Waals surface area contributed by atoms with Gasteiger partial charge in [0.05, 0.1) is 6.33 Å². The molecule has 2 heterocycles. The summed E-state index contributed by atoms with van der Waals surface area (Å²) in [5.74, 6) is -0.444. The third-order valence-corrected chi connectivity index (χ3v) is 4.12. The van der Waals surface area contributed by atoms with Crippen LogP contribution in [-0.2, 0) is 32.0 Å². The fourth-order valence-electron chi connectivity index (χ4n) is 2.58. The molecular formula is C16H16ClN5O3. The van der Waals surface area contributed by atoms with Crippen LogP contribution in [0.4, 0.5) is 0 Å². The van der Waals surface area contributed by atoms with E-state index >= 15 is 0 Å². The van der Waals surface area contributed by atoms with E-state index < -0.39 is 17.2 Å². The molecule has 3 rings (SSSR count). The summed E-state index contributed by atoms with van der Waals surface area (Å²) in [4.78, 5) is 41.1. The Kier molecular flexibility index (Phi) is 4.45. The van der Waals surface area contributed by atoms with Gasteiger partial charge in [0.15, 0.2) is 11.2 Å². The van der Waals surface area contributed by atoms with Crippen molar-refractivity contribution in [1.82, 2.24) is 24.0 Å². The molecule has 0 saturated heterocycles. The Balaban J connectivity index is 1.85. The highest BCUT2D eigenvalue weighted by Crippen LogP contribution is 2.10. The summed E-state index contributed by atoms with van der Waals surface area (Å²) in [6.45, 7) is -0.115. The van der Waals surface area contributed by atoms with Crippen LogP contribution in [0.3, 0.4) is 0 Å². The van der Waals surface area contributed by atoms with Gasteiger partial charge in [-0.05, 0) is 17.7 Å². The number of halogens is 1. The smallest absolute Gasteiger partial charge is 0.332 e. The second-order valence-electron chi connectivity index (χ2n) is 5.67. The molecule has 0 fully saturated rings. The van der Waals surface area contributed by atoms with Gasteiger partial charge < -0.3 is 9.88 Å². The molecule has 0 atom stereocenters. The van der Waals surface area contributed by atoms with Gasteiger partial charge in [-0.3, -0.25) is 14.2 Å². The standard InChI is InChI=1S/C16H16ClN5O3/c1-20-9-19-14-13(20)15(24)22(16(25)21(14)2)8-12(23)18-7-10-4-3-5-11(17)6-10/h3-6,9H,7-8H2,1-2H3,(H,18,23). The van der Waals surface area contributed by atoms with E-state index in [-0.39, 0.29) is 24.3 Å². The van der Waals surface area contributed by atoms with Crippen molar-refractivity contribution < 1.29 is 4.79 Å². The molecule has 2 aromatic heterocycles. The molecule has 1 amide bonds. The molecule has 9 heteroatoms. The number of rotatable bonds is 4. The minimum absolute atomic E-state index is 0.252. The first-order valence-electron chi connectivity index (χ1n) is 7.50. The molecule has 1 N–H and O–H groups in total. The summed E-state index contributed by atoms with van der Waals surface area (Å²) in [6.07, 6.45) is 1.45. The van der Waals surface area contributed by atoms with Gasteiger partial charge in [-0.1, -0.05) is 23.7 Å². The number of amides is 1. The zero-order valence-electron chi connectivity index (χ0n) is 13.7. The number of carbonyl (C=O) groups excluding carboxylic acids is 1. The van der Waals surface area contributed by atoms with E-state index in [4.69, 9.17) is 11.6 Å². The monoisotopic (exact) mass is 361 g/mol. The normalized spacial score (nSPS) is 11.0. The first kappa shape index (κ1) is 17.0. The number of hydrogen-bond donors (Lipinski definition) is 1. The number of fused-ring (bicyclic) bond motifs is 1. The molecule has 0 spiro atoms. The lowest BCUT2D eigenvalue weighted by atomic mass is 10.2. The van der Waals surface area contributed by atoms with Crippen LogP contribution in [0.2, 0.25) is 5.02 Å². The Morgan fingerprint density at radius 3 is 2.76 bits per heavy atom. The average molecular weight is 362 g/mol. The number of imidazole rings is 1. The molecule has 0 aliphatic heterocycles. The van der Waals surface area contributed by atoms with Crippen LogP contribution in [0.1, 0.15) is 5.56 Å². The Morgan fingerprint density at radius 1 is 1.28 bits per heavy atom. The first-order chi connectivity index (χ1) is 11.9. The van der Waals surface area contributed by atoms with Gasteiger partial charge in [0.2, 0.25) is 5.91 Å². The van der Waals surface area contributed by atoms with Crippen molar-refractivity contribution in [3.05, 3.63) is 62.0 Å². The SMILES string of the molecule is Cn1cnc2c1c(=O)n(CC(=O)NCc1cccc(Cl)c1)c(=O)n2C. The molecule has 130 valence electrons. The Labute approximate surface area is 147 Å². The lowest BCUT2D eigenvalue weighted by Gasteiger charge is -2.09. The van der Waals surface area contributed by atoms with E-state index in [9.17, 15) is 14.4 Å². The number of aromatic nitrogens is 4. The van der Waals surface area contributed by atoms with Gasteiger partial charge in [-0.15, -0.1) is 0 Å². The molecule has 0 unspecified atom stereocenters. The highest BCUT2D eigenvalue weighted by Gasteiger charge is 2.16. The van der Waals surface area contributed by atoms with Crippen molar-refractivity contribution >= 4 is 28.7 Å². The van der Waals surface area contributed by atoms with Crippen LogP contribution < -0.4 is 16.6 Å². The molecular weight excluding hydrogens is 346 g/mol. The first-order valence-corrected chi connectivity index (χ1v) is 7.88. The van der Waals surface area contributed by atoms with Crippen LogP contribution >= 0.6 is 11.6 Å². The zero-order chi connectivity index (χ0) is 18.1. The maximum absolute atomic E-state index is 12.5. The third kappa shape index (κ3) is 3.20. The largest absolute Gasteiger partial charge is 0.350 e. The van der Waals surface area contributed by atoms with Crippen LogP contribution in [0.25, 0.3) is 11.2 Å². The number of benzene rings is 1. The Bertz CT molecular complexity index is 1080. The molecule has 3 aromatic rings. The van der Waals surface area contributed by atoms with Crippen LogP contribution in [0.15, 0.2) is 40.2 Å². The number of hydrogen-bond acceptors (Lipinski definition) is 4. The van der Waals surface area contributed by atoms with Crippen molar-refractivity contribution in [2.24, 2.45) is 14.1 Å². The topological polar surface area (TPSA) is 90.9 Å².